The lowest BCUT2D eigenvalue weighted by Crippen LogP contribution is -2.41. The summed E-state index contributed by atoms with van der Waals surface area (Å²) in [6.45, 7) is 2.09. The van der Waals surface area contributed by atoms with E-state index in [2.05, 4.69) is 70.6 Å². The molecule has 0 saturated heterocycles. The number of rotatable bonds is 5. The molecule has 1 aliphatic heterocycles. The van der Waals surface area contributed by atoms with Crippen LogP contribution in [0.4, 0.5) is 5.69 Å². The van der Waals surface area contributed by atoms with E-state index in [4.69, 9.17) is 0 Å². The third-order valence-corrected chi connectivity index (χ3v) is 7.87. The molecule has 1 aliphatic carbocycles. The Morgan fingerprint density at radius 3 is 2.53 bits per heavy atom. The van der Waals surface area contributed by atoms with E-state index >= 15 is 0 Å². The molecule has 32 heavy (non-hydrogen) atoms. The first-order chi connectivity index (χ1) is 15.5. The molecule has 0 radical (unpaired) electrons. The van der Waals surface area contributed by atoms with Gasteiger partial charge in [-0.3, -0.25) is 10.1 Å². The number of aryl methyl sites for hydroxylation is 1. The summed E-state index contributed by atoms with van der Waals surface area (Å²) in [5.74, 6) is 0.816. The van der Waals surface area contributed by atoms with Crippen molar-refractivity contribution >= 4 is 21.6 Å². The van der Waals surface area contributed by atoms with Crippen LogP contribution in [0.25, 0.3) is 0 Å². The van der Waals surface area contributed by atoms with E-state index in [9.17, 15) is 10.1 Å². The van der Waals surface area contributed by atoms with Crippen LogP contribution < -0.4 is 5.32 Å². The fourth-order valence-electron chi connectivity index (χ4n) is 5.98. The van der Waals surface area contributed by atoms with E-state index in [0.717, 1.165) is 28.6 Å². The highest BCUT2D eigenvalue weighted by atomic mass is 79.9. The molecule has 1 fully saturated rings. The molecule has 0 spiro atoms. The molecule has 1 heterocycles. The Morgan fingerprint density at radius 1 is 1.06 bits per heavy atom. The van der Waals surface area contributed by atoms with Crippen molar-refractivity contribution in [2.45, 2.75) is 37.6 Å². The Hall–Kier alpha value is -2.66. The van der Waals surface area contributed by atoms with Gasteiger partial charge >= 0.3 is 0 Å². The molecule has 0 unspecified atom stereocenters. The second-order valence-corrected chi connectivity index (χ2v) is 10.1. The zero-order chi connectivity index (χ0) is 22.2. The fourth-order valence-corrected chi connectivity index (χ4v) is 6.36. The van der Waals surface area contributed by atoms with Gasteiger partial charge in [0.15, 0.2) is 0 Å². The first-order valence-electron chi connectivity index (χ1n) is 11.3. The highest BCUT2D eigenvalue weighted by Crippen LogP contribution is 2.53. The monoisotopic (exact) mass is 490 g/mol. The van der Waals surface area contributed by atoms with Crippen LogP contribution in [0.1, 0.15) is 46.9 Å². The maximum Gasteiger partial charge on any atom is 0.211 e. The van der Waals surface area contributed by atoms with Gasteiger partial charge in [-0.05, 0) is 66.5 Å². The summed E-state index contributed by atoms with van der Waals surface area (Å²) in [6, 6.07) is 25.6. The predicted molar refractivity (Wildman–Crippen MR) is 132 cm³/mol. The molecule has 5 rings (SSSR count). The zero-order valence-electron chi connectivity index (χ0n) is 18.1. The largest absolute Gasteiger partial charge is 0.381 e. The van der Waals surface area contributed by atoms with Crippen molar-refractivity contribution in [3.8, 4) is 0 Å². The molecule has 5 heteroatoms. The first kappa shape index (κ1) is 21.2. The Kier molecular flexibility index (Phi) is 5.76. The molecule has 5 atom stereocenters. The van der Waals surface area contributed by atoms with Crippen molar-refractivity contribution < 1.29 is 4.92 Å². The molecule has 0 amide bonds. The second-order valence-electron chi connectivity index (χ2n) is 9.23. The number of hydrogen-bond donors (Lipinski definition) is 1. The van der Waals surface area contributed by atoms with Gasteiger partial charge in [-0.2, -0.15) is 0 Å². The summed E-state index contributed by atoms with van der Waals surface area (Å²) < 4.78 is 1.08. The van der Waals surface area contributed by atoms with E-state index in [1.165, 1.54) is 16.7 Å². The highest BCUT2D eigenvalue weighted by molar-refractivity contribution is 9.10. The maximum absolute atomic E-state index is 11.6. The minimum Gasteiger partial charge on any atom is -0.381 e. The van der Waals surface area contributed by atoms with Gasteiger partial charge in [0.2, 0.25) is 6.54 Å². The summed E-state index contributed by atoms with van der Waals surface area (Å²) in [5, 5.41) is 15.5. The zero-order valence-corrected chi connectivity index (χ0v) is 19.7. The molecule has 1 N–H and O–H groups in total. The lowest BCUT2D eigenvalue weighted by Gasteiger charge is -2.41. The number of nitrogens with zero attached hydrogens (tertiary/aromatic N) is 1. The van der Waals surface area contributed by atoms with Crippen molar-refractivity contribution in [2.24, 2.45) is 11.8 Å². The number of halogens is 1. The van der Waals surface area contributed by atoms with Crippen LogP contribution >= 0.6 is 15.9 Å². The van der Waals surface area contributed by atoms with Crippen molar-refractivity contribution in [2.75, 3.05) is 11.9 Å². The Bertz CT molecular complexity index is 1120. The van der Waals surface area contributed by atoms with Gasteiger partial charge < -0.3 is 5.32 Å². The minimum absolute atomic E-state index is 0.0258. The summed E-state index contributed by atoms with van der Waals surface area (Å²) in [5.41, 5.74) is 6.13. The number of hydrogen-bond acceptors (Lipinski definition) is 3. The van der Waals surface area contributed by atoms with Crippen molar-refractivity contribution in [1.82, 2.24) is 0 Å². The second kappa shape index (κ2) is 8.70. The Morgan fingerprint density at radius 2 is 1.81 bits per heavy atom. The topological polar surface area (TPSA) is 55.2 Å². The van der Waals surface area contributed by atoms with E-state index in [1.807, 2.05) is 30.3 Å². The lowest BCUT2D eigenvalue weighted by molar-refractivity contribution is -0.485. The van der Waals surface area contributed by atoms with Crippen molar-refractivity contribution in [3.63, 3.8) is 0 Å². The van der Waals surface area contributed by atoms with Gasteiger partial charge in [0.05, 0.1) is 5.92 Å². The SMILES string of the molecule is Cc1ccc([C@@H]2c3cc(Br)ccc3N[C@H]3[C@H]2CC[C@@H]3[C@H](C[N+](=O)[O-])c2ccccc2)cc1. The van der Waals surface area contributed by atoms with Crippen molar-refractivity contribution in [3.05, 3.63) is 110 Å². The molecule has 164 valence electrons. The first-order valence-corrected chi connectivity index (χ1v) is 12.1. The van der Waals surface area contributed by atoms with Gasteiger partial charge in [-0.15, -0.1) is 0 Å². The third-order valence-electron chi connectivity index (χ3n) is 7.38. The number of nitrogens with one attached hydrogen (secondary N) is 1. The van der Waals surface area contributed by atoms with Gasteiger partial charge in [0.25, 0.3) is 0 Å². The molecule has 4 nitrogen and oxygen atoms in total. The molecular weight excluding hydrogens is 464 g/mol. The van der Waals surface area contributed by atoms with Gasteiger partial charge in [0, 0.05) is 27.0 Å². The molecule has 3 aromatic carbocycles. The standard InChI is InChI=1S/C27H27BrN2O2/c1-17-7-9-19(10-8-17)26-22-13-12-21(24(16-30(31)32)18-5-3-2-4-6-18)27(22)29-25-14-11-20(28)15-23(25)26/h2-11,14-15,21-22,24,26-27,29H,12-13,16H2,1H3/t21-,22+,24-,26+,27-/m1/s1. The quantitative estimate of drug-likeness (QED) is 0.317. The smallest absolute Gasteiger partial charge is 0.211 e. The van der Waals surface area contributed by atoms with E-state index in [1.54, 1.807) is 0 Å². The summed E-state index contributed by atoms with van der Waals surface area (Å²) in [6.07, 6.45) is 2.06. The summed E-state index contributed by atoms with van der Waals surface area (Å²) >= 11 is 3.66. The normalized spacial score (nSPS) is 24.8. The Labute approximate surface area is 197 Å². The van der Waals surface area contributed by atoms with Crippen LogP contribution in [0.5, 0.6) is 0 Å². The van der Waals surface area contributed by atoms with Crippen LogP contribution in [0, 0.1) is 28.9 Å². The van der Waals surface area contributed by atoms with E-state index in [0.29, 0.717) is 5.92 Å². The van der Waals surface area contributed by atoms with E-state index < -0.39 is 0 Å². The van der Waals surface area contributed by atoms with Crippen LogP contribution in [0.2, 0.25) is 0 Å². The predicted octanol–water partition coefficient (Wildman–Crippen LogP) is 6.77. The molecular formula is C27H27BrN2O2. The van der Waals surface area contributed by atoms with E-state index in [-0.39, 0.29) is 35.3 Å². The number of fused-ring (bicyclic) bond motifs is 2. The van der Waals surface area contributed by atoms with Crippen LogP contribution in [0.3, 0.4) is 0 Å². The number of benzene rings is 3. The molecule has 2 aliphatic rings. The number of nitro groups is 1. The summed E-state index contributed by atoms with van der Waals surface area (Å²) in [7, 11) is 0. The van der Waals surface area contributed by atoms with Crippen LogP contribution in [-0.4, -0.2) is 17.5 Å². The lowest BCUT2D eigenvalue weighted by atomic mass is 9.72. The highest BCUT2D eigenvalue weighted by Gasteiger charge is 2.48. The molecule has 3 aromatic rings. The third kappa shape index (κ3) is 3.95. The average molecular weight is 491 g/mol. The van der Waals surface area contributed by atoms with Gasteiger partial charge in [-0.25, -0.2) is 0 Å². The van der Waals surface area contributed by atoms with Gasteiger partial charge in [0.1, 0.15) is 0 Å². The fraction of sp³-hybridized carbons (Fsp3) is 0.333. The maximum atomic E-state index is 11.6. The minimum atomic E-state index is -0.143. The molecule has 0 bridgehead atoms. The summed E-state index contributed by atoms with van der Waals surface area (Å²) in [4.78, 5) is 11.5. The van der Waals surface area contributed by atoms with Crippen LogP contribution in [-0.2, 0) is 0 Å². The van der Waals surface area contributed by atoms with Crippen molar-refractivity contribution in [1.29, 1.82) is 0 Å². The molecule has 1 saturated carbocycles. The number of anilines is 1. The average Bonchev–Trinajstić information content (AvgIpc) is 3.20. The Balaban J connectivity index is 1.57. The molecule has 0 aromatic heterocycles. The van der Waals surface area contributed by atoms with Crippen LogP contribution in [0.15, 0.2) is 77.3 Å². The van der Waals surface area contributed by atoms with Gasteiger partial charge in [-0.1, -0.05) is 76.1 Å².